The van der Waals surface area contributed by atoms with Crippen molar-refractivity contribution in [1.29, 1.82) is 0 Å². The minimum atomic E-state index is -8.09. The molecule has 1 nitrogen and oxygen atoms in total. The van der Waals surface area contributed by atoms with Gasteiger partial charge in [0, 0.05) is 0 Å². The topological polar surface area (TPSA) is 20.2 Å². The van der Waals surface area contributed by atoms with E-state index in [4.69, 9.17) is 5.11 Å². The molecule has 15 heteroatoms. The number of halogens is 14. The molecule has 0 aliphatic carbocycles. The molecule has 0 heterocycles. The first-order chi connectivity index (χ1) is 9.19. The summed E-state index contributed by atoms with van der Waals surface area (Å²) in [5, 5.41) is 7.34. The molecule has 0 aliphatic heterocycles. The summed E-state index contributed by atoms with van der Waals surface area (Å²) in [7, 11) is 0. The van der Waals surface area contributed by atoms with Gasteiger partial charge in [0.05, 0.1) is 0 Å². The zero-order valence-electron chi connectivity index (χ0n) is 9.32. The Hall–Kier alpha value is -1.02. The number of aliphatic hydroxyl groups is 1. The normalized spacial score (nSPS) is 16.4. The van der Waals surface area contributed by atoms with Crippen LogP contribution < -0.4 is 0 Å². The molecule has 0 fully saturated rings. The molecule has 0 saturated heterocycles. The first-order valence-electron chi connectivity index (χ1n) is 4.47. The first-order valence-corrected chi connectivity index (χ1v) is 4.47. The van der Waals surface area contributed by atoms with Crippen molar-refractivity contribution in [2.24, 2.45) is 0 Å². The lowest BCUT2D eigenvalue weighted by Gasteiger charge is -2.39. The Morgan fingerprint density at radius 2 is 0.773 bits per heavy atom. The van der Waals surface area contributed by atoms with Crippen LogP contribution in [0.25, 0.3) is 0 Å². The molecular weight excluding hydrogens is 366 g/mol. The molecule has 0 unspecified atom stereocenters. The van der Waals surface area contributed by atoms with Crippen LogP contribution in [0.3, 0.4) is 0 Å². The van der Waals surface area contributed by atoms with Crippen LogP contribution in [0, 0.1) is 0 Å². The highest BCUT2D eigenvalue weighted by Gasteiger charge is 2.91. The van der Waals surface area contributed by atoms with Gasteiger partial charge in [0.25, 0.3) is 0 Å². The van der Waals surface area contributed by atoms with Gasteiger partial charge in [-0.2, -0.15) is 52.7 Å². The van der Waals surface area contributed by atoms with Gasteiger partial charge >= 0.3 is 42.1 Å². The molecule has 0 atom stereocenters. The summed E-state index contributed by atoms with van der Waals surface area (Å²) in [6.45, 7) is 0. The van der Waals surface area contributed by atoms with E-state index in [-0.39, 0.29) is 0 Å². The SMILES string of the molecule is OC(F)(F)C(F)(F)C(F)(F)C(F)(F)C(F)(F)C(F)(F)C(F)F. The second-order valence-corrected chi connectivity index (χ2v) is 3.76. The van der Waals surface area contributed by atoms with E-state index in [9.17, 15) is 61.5 Å². The predicted octanol–water partition coefficient (Wildman–Crippen LogP) is 4.01. The molecule has 0 rings (SSSR count). The fourth-order valence-corrected chi connectivity index (χ4v) is 0.930. The fourth-order valence-electron chi connectivity index (χ4n) is 0.930. The highest BCUT2D eigenvalue weighted by molar-refractivity contribution is 5.10. The van der Waals surface area contributed by atoms with Crippen LogP contribution in [-0.2, 0) is 0 Å². The Morgan fingerprint density at radius 3 is 1.00 bits per heavy atom. The average Bonchev–Trinajstić information content (AvgIpc) is 2.25. The van der Waals surface area contributed by atoms with Crippen molar-refractivity contribution in [3.8, 4) is 0 Å². The maximum absolute atomic E-state index is 12.6. The van der Waals surface area contributed by atoms with Crippen molar-refractivity contribution in [3.05, 3.63) is 0 Å². The smallest absolute Gasteiger partial charge is 0.331 e. The van der Waals surface area contributed by atoms with Gasteiger partial charge in [-0.3, -0.25) is 0 Å². The summed E-state index contributed by atoms with van der Waals surface area (Å²) >= 11 is 0. The van der Waals surface area contributed by atoms with Crippen LogP contribution in [0.4, 0.5) is 61.5 Å². The van der Waals surface area contributed by atoms with Gasteiger partial charge in [-0.05, 0) is 0 Å². The van der Waals surface area contributed by atoms with Crippen molar-refractivity contribution in [2.45, 2.75) is 42.1 Å². The standard InChI is InChI=1S/C7H2F14O/c8-1(9)2(10,11)3(12,13)4(14,15)5(16,17)6(18,19)7(20,21)22/h1,22H. The van der Waals surface area contributed by atoms with Crippen LogP contribution in [0.5, 0.6) is 0 Å². The van der Waals surface area contributed by atoms with Gasteiger partial charge in [-0.25, -0.2) is 8.78 Å². The molecule has 0 radical (unpaired) electrons. The summed E-state index contributed by atoms with van der Waals surface area (Å²) in [6.07, 6.45) is -12.8. The quantitative estimate of drug-likeness (QED) is 0.703. The zero-order chi connectivity index (χ0) is 18.6. The monoisotopic (exact) mass is 368 g/mol. The lowest BCUT2D eigenvalue weighted by Crippen LogP contribution is -2.71. The number of hydrogen-bond acceptors (Lipinski definition) is 1. The Morgan fingerprint density at radius 1 is 0.500 bits per heavy atom. The average molecular weight is 368 g/mol. The Bertz CT molecular complexity index is 406. The minimum Gasteiger partial charge on any atom is -0.331 e. The molecule has 0 saturated carbocycles. The summed E-state index contributed by atoms with van der Waals surface area (Å²) in [6, 6.07) is 0. The van der Waals surface area contributed by atoms with E-state index in [1.54, 1.807) is 0 Å². The van der Waals surface area contributed by atoms with Crippen LogP contribution in [0.1, 0.15) is 0 Å². The van der Waals surface area contributed by atoms with Gasteiger partial charge in [-0.15, -0.1) is 0 Å². The lowest BCUT2D eigenvalue weighted by atomic mass is 9.94. The summed E-state index contributed by atoms with van der Waals surface area (Å²) in [4.78, 5) is 0. The Balaban J connectivity index is 6.24. The van der Waals surface area contributed by atoms with Crippen LogP contribution in [0.15, 0.2) is 0 Å². The van der Waals surface area contributed by atoms with Gasteiger partial charge in [0.1, 0.15) is 0 Å². The molecule has 1 N–H and O–H groups in total. The van der Waals surface area contributed by atoms with Gasteiger partial charge in [0.2, 0.25) is 0 Å². The third kappa shape index (κ3) is 2.46. The van der Waals surface area contributed by atoms with Crippen molar-refractivity contribution >= 4 is 0 Å². The summed E-state index contributed by atoms with van der Waals surface area (Å²) in [5.74, 6) is -39.0. The molecule has 0 aromatic rings. The van der Waals surface area contributed by atoms with Crippen molar-refractivity contribution < 1.29 is 66.6 Å². The van der Waals surface area contributed by atoms with Crippen molar-refractivity contribution in [2.75, 3.05) is 0 Å². The second-order valence-electron chi connectivity index (χ2n) is 3.76. The number of hydrogen-bond donors (Lipinski definition) is 1. The molecule has 0 aromatic carbocycles. The third-order valence-corrected chi connectivity index (χ3v) is 2.25. The molecule has 22 heavy (non-hydrogen) atoms. The molecule has 134 valence electrons. The van der Waals surface area contributed by atoms with Crippen molar-refractivity contribution in [3.63, 3.8) is 0 Å². The summed E-state index contributed by atoms with van der Waals surface area (Å²) in [5.41, 5.74) is 0. The lowest BCUT2D eigenvalue weighted by molar-refractivity contribution is -0.456. The molecule has 0 bridgehead atoms. The zero-order valence-corrected chi connectivity index (χ0v) is 9.32. The van der Waals surface area contributed by atoms with Gasteiger partial charge in [-0.1, -0.05) is 0 Å². The maximum atomic E-state index is 12.6. The van der Waals surface area contributed by atoms with Crippen molar-refractivity contribution in [1.82, 2.24) is 0 Å². The number of rotatable bonds is 6. The maximum Gasteiger partial charge on any atom is 0.423 e. The third-order valence-electron chi connectivity index (χ3n) is 2.25. The van der Waals surface area contributed by atoms with Gasteiger partial charge < -0.3 is 5.11 Å². The molecule has 0 aliphatic rings. The minimum absolute atomic E-state index is 5.73. The second kappa shape index (κ2) is 4.99. The number of alkyl halides is 14. The van der Waals surface area contributed by atoms with Gasteiger partial charge in [0.15, 0.2) is 0 Å². The largest absolute Gasteiger partial charge is 0.423 e. The van der Waals surface area contributed by atoms with E-state index in [1.807, 2.05) is 0 Å². The van der Waals surface area contributed by atoms with E-state index in [0.29, 0.717) is 0 Å². The predicted molar refractivity (Wildman–Crippen MR) is 37.9 cm³/mol. The highest BCUT2D eigenvalue weighted by atomic mass is 19.4. The molecule has 0 amide bonds. The molecule has 0 spiro atoms. The first kappa shape index (κ1) is 21.0. The van der Waals surface area contributed by atoms with E-state index in [1.165, 1.54) is 0 Å². The molecular formula is C7H2F14O. The van der Waals surface area contributed by atoms with E-state index in [0.717, 1.165) is 0 Å². The van der Waals surface area contributed by atoms with E-state index >= 15 is 0 Å². The van der Waals surface area contributed by atoms with Crippen LogP contribution in [-0.4, -0.2) is 47.3 Å². The van der Waals surface area contributed by atoms with E-state index < -0.39 is 42.1 Å². The molecule has 0 aromatic heterocycles. The Labute approximate surface area is 110 Å². The van der Waals surface area contributed by atoms with Crippen LogP contribution in [0.2, 0.25) is 0 Å². The fraction of sp³-hybridized carbons (Fsp3) is 1.00. The Kier molecular flexibility index (Phi) is 4.76. The van der Waals surface area contributed by atoms with Crippen LogP contribution >= 0.6 is 0 Å². The van der Waals surface area contributed by atoms with E-state index in [2.05, 4.69) is 0 Å². The summed E-state index contributed by atoms with van der Waals surface area (Å²) < 4.78 is 171. The highest BCUT2D eigenvalue weighted by Crippen LogP contribution is 2.60.